The highest BCUT2D eigenvalue weighted by atomic mass is 16.5. The highest BCUT2D eigenvalue weighted by Crippen LogP contribution is 2.26. The van der Waals surface area contributed by atoms with E-state index in [1.807, 2.05) is 17.0 Å². The normalized spacial score (nSPS) is 18.7. The Bertz CT molecular complexity index is 522. The summed E-state index contributed by atoms with van der Waals surface area (Å²) in [6.45, 7) is 3.34. The van der Waals surface area contributed by atoms with Gasteiger partial charge in [-0.1, -0.05) is 12.1 Å². The van der Waals surface area contributed by atoms with Gasteiger partial charge in [0.2, 0.25) is 5.91 Å². The second-order valence-corrected chi connectivity index (χ2v) is 6.47. The smallest absolute Gasteiger partial charge is 0.226 e. The molecule has 0 aromatic heterocycles. The molecule has 0 radical (unpaired) electrons. The quantitative estimate of drug-likeness (QED) is 0.927. The van der Waals surface area contributed by atoms with E-state index in [9.17, 15) is 4.79 Å². The molecule has 1 saturated heterocycles. The first-order chi connectivity index (χ1) is 10.8. The SMILES string of the molecule is NCCC1CCN(C(=O)Cc2ccc3c(c2)CCCO3)CC1. The third kappa shape index (κ3) is 3.61. The number of hydrogen-bond acceptors (Lipinski definition) is 3. The minimum absolute atomic E-state index is 0.253. The third-order valence-corrected chi connectivity index (χ3v) is 4.87. The first kappa shape index (κ1) is 15.3. The van der Waals surface area contributed by atoms with Crippen LogP contribution in [0.25, 0.3) is 0 Å². The zero-order valence-corrected chi connectivity index (χ0v) is 13.2. The van der Waals surface area contributed by atoms with Gasteiger partial charge in [-0.15, -0.1) is 0 Å². The number of likely N-dealkylation sites (tertiary alicyclic amines) is 1. The topological polar surface area (TPSA) is 55.6 Å². The predicted molar refractivity (Wildman–Crippen MR) is 86.9 cm³/mol. The van der Waals surface area contributed by atoms with Gasteiger partial charge in [-0.3, -0.25) is 4.79 Å². The van der Waals surface area contributed by atoms with E-state index >= 15 is 0 Å². The number of nitrogens with zero attached hydrogens (tertiary/aromatic N) is 1. The molecule has 1 amide bonds. The maximum absolute atomic E-state index is 12.5. The van der Waals surface area contributed by atoms with Crippen molar-refractivity contribution >= 4 is 5.91 Å². The molecule has 0 unspecified atom stereocenters. The zero-order chi connectivity index (χ0) is 15.4. The van der Waals surface area contributed by atoms with Crippen LogP contribution in [0.1, 0.15) is 36.8 Å². The Balaban J connectivity index is 1.56. The van der Waals surface area contributed by atoms with Crippen molar-refractivity contribution in [2.24, 2.45) is 11.7 Å². The maximum Gasteiger partial charge on any atom is 0.226 e. The number of ether oxygens (including phenoxy) is 1. The number of carbonyl (C=O) groups excluding carboxylic acids is 1. The van der Waals surface area contributed by atoms with Crippen molar-refractivity contribution in [1.82, 2.24) is 4.90 Å². The van der Waals surface area contributed by atoms with Crippen LogP contribution < -0.4 is 10.5 Å². The van der Waals surface area contributed by atoms with Crippen molar-refractivity contribution in [3.05, 3.63) is 29.3 Å². The number of nitrogens with two attached hydrogens (primary N) is 1. The van der Waals surface area contributed by atoms with Crippen molar-refractivity contribution in [1.29, 1.82) is 0 Å². The van der Waals surface area contributed by atoms with Crippen molar-refractivity contribution in [3.63, 3.8) is 0 Å². The lowest BCUT2D eigenvalue weighted by molar-refractivity contribution is -0.131. The molecule has 2 N–H and O–H groups in total. The highest BCUT2D eigenvalue weighted by molar-refractivity contribution is 5.79. The summed E-state index contributed by atoms with van der Waals surface area (Å²) < 4.78 is 5.63. The van der Waals surface area contributed by atoms with E-state index in [2.05, 4.69) is 6.07 Å². The fourth-order valence-electron chi connectivity index (χ4n) is 3.52. The molecule has 0 atom stereocenters. The molecule has 1 aromatic rings. The summed E-state index contributed by atoms with van der Waals surface area (Å²) >= 11 is 0. The summed E-state index contributed by atoms with van der Waals surface area (Å²) in [5.41, 5.74) is 7.98. The fourth-order valence-corrected chi connectivity index (χ4v) is 3.52. The highest BCUT2D eigenvalue weighted by Gasteiger charge is 2.22. The molecule has 0 saturated carbocycles. The number of carbonyl (C=O) groups is 1. The average molecular weight is 302 g/mol. The van der Waals surface area contributed by atoms with E-state index in [0.717, 1.165) is 69.7 Å². The van der Waals surface area contributed by atoms with Crippen LogP contribution in [0.3, 0.4) is 0 Å². The van der Waals surface area contributed by atoms with Gasteiger partial charge >= 0.3 is 0 Å². The van der Waals surface area contributed by atoms with E-state index in [4.69, 9.17) is 10.5 Å². The lowest BCUT2D eigenvalue weighted by Gasteiger charge is -2.32. The second-order valence-electron chi connectivity index (χ2n) is 6.47. The number of benzene rings is 1. The summed E-state index contributed by atoms with van der Waals surface area (Å²) in [4.78, 5) is 14.5. The molecule has 1 aromatic carbocycles. The number of aryl methyl sites for hydroxylation is 1. The maximum atomic E-state index is 12.5. The van der Waals surface area contributed by atoms with E-state index < -0.39 is 0 Å². The Kier molecular flexibility index (Phi) is 4.98. The molecule has 0 bridgehead atoms. The summed E-state index contributed by atoms with van der Waals surface area (Å²) in [5, 5.41) is 0. The van der Waals surface area contributed by atoms with Gasteiger partial charge in [-0.05, 0) is 61.8 Å². The molecule has 4 heteroatoms. The number of hydrogen-bond donors (Lipinski definition) is 1. The number of rotatable bonds is 4. The third-order valence-electron chi connectivity index (χ3n) is 4.87. The first-order valence-corrected chi connectivity index (χ1v) is 8.48. The van der Waals surface area contributed by atoms with Gasteiger partial charge in [0.25, 0.3) is 0 Å². The zero-order valence-electron chi connectivity index (χ0n) is 13.2. The Morgan fingerprint density at radius 3 is 2.91 bits per heavy atom. The molecule has 120 valence electrons. The average Bonchev–Trinajstić information content (AvgIpc) is 2.56. The summed E-state index contributed by atoms with van der Waals surface area (Å²) in [7, 11) is 0. The molecule has 4 nitrogen and oxygen atoms in total. The van der Waals surface area contributed by atoms with E-state index in [1.165, 1.54) is 5.56 Å². The lowest BCUT2D eigenvalue weighted by Crippen LogP contribution is -2.39. The molecule has 0 spiro atoms. The van der Waals surface area contributed by atoms with Crippen LogP contribution in [0, 0.1) is 5.92 Å². The second kappa shape index (κ2) is 7.14. The van der Waals surface area contributed by atoms with E-state index in [1.54, 1.807) is 0 Å². The number of piperidine rings is 1. The Hall–Kier alpha value is -1.55. The van der Waals surface area contributed by atoms with Crippen LogP contribution in [0.5, 0.6) is 5.75 Å². The van der Waals surface area contributed by atoms with Gasteiger partial charge in [0.1, 0.15) is 5.75 Å². The van der Waals surface area contributed by atoms with Crippen LogP contribution >= 0.6 is 0 Å². The first-order valence-electron chi connectivity index (χ1n) is 8.48. The van der Waals surface area contributed by atoms with Gasteiger partial charge < -0.3 is 15.4 Å². The monoisotopic (exact) mass is 302 g/mol. The fraction of sp³-hybridized carbons (Fsp3) is 0.611. The van der Waals surface area contributed by atoms with Crippen LogP contribution in [0.2, 0.25) is 0 Å². The summed E-state index contributed by atoms with van der Waals surface area (Å²) in [6, 6.07) is 6.20. The van der Waals surface area contributed by atoms with Crippen molar-refractivity contribution in [3.8, 4) is 5.75 Å². The van der Waals surface area contributed by atoms with Crippen LogP contribution in [0.15, 0.2) is 18.2 Å². The van der Waals surface area contributed by atoms with Gasteiger partial charge in [0, 0.05) is 13.1 Å². The van der Waals surface area contributed by atoms with Gasteiger partial charge in [-0.2, -0.15) is 0 Å². The van der Waals surface area contributed by atoms with E-state index in [-0.39, 0.29) is 5.91 Å². The van der Waals surface area contributed by atoms with Crippen molar-refractivity contribution in [2.75, 3.05) is 26.2 Å². The number of fused-ring (bicyclic) bond motifs is 1. The molecule has 0 aliphatic carbocycles. The molecular weight excluding hydrogens is 276 g/mol. The minimum atomic E-state index is 0.253. The Labute approximate surface area is 132 Å². The van der Waals surface area contributed by atoms with Gasteiger partial charge in [0.05, 0.1) is 13.0 Å². The molecule has 22 heavy (non-hydrogen) atoms. The van der Waals surface area contributed by atoms with Crippen molar-refractivity contribution < 1.29 is 9.53 Å². The molecule has 2 aliphatic heterocycles. The Morgan fingerprint density at radius 1 is 1.32 bits per heavy atom. The summed E-state index contributed by atoms with van der Waals surface area (Å²) in [5.74, 6) is 1.95. The van der Waals surface area contributed by atoms with Crippen LogP contribution in [-0.4, -0.2) is 37.0 Å². The van der Waals surface area contributed by atoms with Crippen LogP contribution in [0.4, 0.5) is 0 Å². The molecule has 3 rings (SSSR count). The van der Waals surface area contributed by atoms with Gasteiger partial charge in [0.15, 0.2) is 0 Å². The molecule has 1 fully saturated rings. The Morgan fingerprint density at radius 2 is 2.14 bits per heavy atom. The predicted octanol–water partition coefficient (Wildman–Crippen LogP) is 2.14. The molecule has 2 heterocycles. The van der Waals surface area contributed by atoms with Crippen molar-refractivity contribution in [2.45, 2.75) is 38.5 Å². The lowest BCUT2D eigenvalue weighted by atomic mass is 9.93. The number of amides is 1. The standard InChI is InChI=1S/C18H26N2O2/c19-8-5-14-6-9-20(10-7-14)18(21)13-15-3-4-17-16(12-15)2-1-11-22-17/h3-4,12,14H,1-2,5-11,13,19H2. The molecular formula is C18H26N2O2. The van der Waals surface area contributed by atoms with E-state index in [0.29, 0.717) is 12.3 Å². The largest absolute Gasteiger partial charge is 0.493 e. The van der Waals surface area contributed by atoms with Crippen LogP contribution in [-0.2, 0) is 17.6 Å². The van der Waals surface area contributed by atoms with Gasteiger partial charge in [-0.25, -0.2) is 0 Å². The molecule has 2 aliphatic rings. The summed E-state index contributed by atoms with van der Waals surface area (Å²) in [6.07, 6.45) is 5.92. The minimum Gasteiger partial charge on any atom is -0.493 e.